The van der Waals surface area contributed by atoms with Crippen LogP contribution in [-0.2, 0) is 23.9 Å². The molecule has 0 radical (unpaired) electrons. The molecule has 2 atom stereocenters. The number of carbonyl (C=O) groups is 4. The van der Waals surface area contributed by atoms with E-state index in [1.807, 2.05) is 6.26 Å². The SMILES string of the molecule is CCCCCCCCN(C(=O)C(CCSC)NC(=O)OC(C)(C)C)C(C(=O)NCCC(=O)OCC)c1ccc(O)c(C)c1. The van der Waals surface area contributed by atoms with Crippen molar-refractivity contribution >= 4 is 35.6 Å². The number of thioether (sulfide) groups is 1. The second-order valence-corrected chi connectivity index (χ2v) is 12.6. The molecule has 0 spiro atoms. The summed E-state index contributed by atoms with van der Waals surface area (Å²) in [7, 11) is 0. The molecule has 3 amide bonds. The van der Waals surface area contributed by atoms with Gasteiger partial charge in [0.2, 0.25) is 11.8 Å². The van der Waals surface area contributed by atoms with Gasteiger partial charge >= 0.3 is 12.1 Å². The fourth-order valence-corrected chi connectivity index (χ4v) is 4.98. The van der Waals surface area contributed by atoms with Gasteiger partial charge in [0.1, 0.15) is 23.4 Å². The molecule has 0 heterocycles. The molecule has 10 nitrogen and oxygen atoms in total. The third kappa shape index (κ3) is 14.9. The Labute approximate surface area is 262 Å². The molecule has 1 rings (SSSR count). The molecule has 0 saturated carbocycles. The van der Waals surface area contributed by atoms with Crippen LogP contribution in [0.15, 0.2) is 18.2 Å². The van der Waals surface area contributed by atoms with Crippen molar-refractivity contribution in [3.8, 4) is 5.75 Å². The molecule has 43 heavy (non-hydrogen) atoms. The van der Waals surface area contributed by atoms with Crippen LogP contribution >= 0.6 is 11.8 Å². The van der Waals surface area contributed by atoms with E-state index >= 15 is 0 Å². The van der Waals surface area contributed by atoms with Crippen LogP contribution in [0.3, 0.4) is 0 Å². The van der Waals surface area contributed by atoms with Gasteiger partial charge in [0.15, 0.2) is 0 Å². The topological polar surface area (TPSA) is 134 Å². The van der Waals surface area contributed by atoms with Crippen LogP contribution in [0.5, 0.6) is 5.75 Å². The minimum Gasteiger partial charge on any atom is -0.508 e. The summed E-state index contributed by atoms with van der Waals surface area (Å²) in [5.74, 6) is -0.618. The van der Waals surface area contributed by atoms with E-state index in [9.17, 15) is 24.3 Å². The Morgan fingerprint density at radius 1 is 1.05 bits per heavy atom. The van der Waals surface area contributed by atoms with E-state index in [0.29, 0.717) is 29.7 Å². The van der Waals surface area contributed by atoms with Gasteiger partial charge in [-0.2, -0.15) is 11.8 Å². The molecule has 1 aromatic rings. The number of esters is 1. The summed E-state index contributed by atoms with van der Waals surface area (Å²) in [5, 5.41) is 15.7. The molecular weight excluding hydrogens is 570 g/mol. The number of aryl methyl sites for hydroxylation is 1. The van der Waals surface area contributed by atoms with Crippen molar-refractivity contribution in [3.63, 3.8) is 0 Å². The zero-order valence-corrected chi connectivity index (χ0v) is 27.9. The van der Waals surface area contributed by atoms with Crippen molar-refractivity contribution in [2.24, 2.45) is 0 Å². The van der Waals surface area contributed by atoms with Gasteiger partial charge in [0.05, 0.1) is 13.0 Å². The molecule has 0 aromatic heterocycles. The van der Waals surface area contributed by atoms with Crippen LogP contribution in [0.25, 0.3) is 0 Å². The number of benzene rings is 1. The zero-order chi connectivity index (χ0) is 32.4. The minimum atomic E-state index is -1.05. The van der Waals surface area contributed by atoms with Gasteiger partial charge in [0.25, 0.3) is 0 Å². The number of aromatic hydroxyl groups is 1. The monoisotopic (exact) mass is 623 g/mol. The van der Waals surface area contributed by atoms with Crippen LogP contribution in [0.2, 0.25) is 0 Å². The number of hydrogen-bond acceptors (Lipinski definition) is 8. The second-order valence-electron chi connectivity index (χ2n) is 11.6. The average molecular weight is 624 g/mol. The zero-order valence-electron chi connectivity index (χ0n) is 27.1. The molecule has 0 fully saturated rings. The molecule has 2 unspecified atom stereocenters. The van der Waals surface area contributed by atoms with Crippen LogP contribution in [0.1, 0.15) is 103 Å². The summed E-state index contributed by atoms with van der Waals surface area (Å²) < 4.78 is 10.4. The first-order chi connectivity index (χ1) is 20.3. The Bertz CT molecular complexity index is 1030. The molecule has 0 aliphatic heterocycles. The first kappa shape index (κ1) is 38.1. The number of unbranched alkanes of at least 4 members (excludes halogenated alkanes) is 5. The lowest BCUT2D eigenvalue weighted by Gasteiger charge is -2.35. The van der Waals surface area contributed by atoms with Crippen LogP contribution in [0, 0.1) is 6.92 Å². The van der Waals surface area contributed by atoms with Crippen LogP contribution in [-0.4, -0.2) is 77.2 Å². The standard InChI is InChI=1S/C32H53N3O7S/c1-8-10-11-12-13-14-20-35(30(39)25(18-21-43-7)34-31(40)42-32(4,5)6)28(24-15-16-26(36)23(3)22-24)29(38)33-19-17-27(37)41-9-2/h15-16,22,25,28,36H,8-14,17-21H2,1-7H3,(H,33,38)(H,34,40). The van der Waals surface area contributed by atoms with E-state index < -0.39 is 41.6 Å². The number of carbonyl (C=O) groups excluding carboxylic acids is 4. The Hall–Kier alpha value is -2.95. The minimum absolute atomic E-state index is 0.0111. The number of nitrogens with one attached hydrogen (secondary N) is 2. The van der Waals surface area contributed by atoms with Gasteiger partial charge in [-0.3, -0.25) is 14.4 Å². The smallest absolute Gasteiger partial charge is 0.408 e. The van der Waals surface area contributed by atoms with Crippen molar-refractivity contribution in [1.29, 1.82) is 0 Å². The molecule has 3 N–H and O–H groups in total. The number of hydrogen-bond donors (Lipinski definition) is 3. The van der Waals surface area contributed by atoms with Crippen molar-refractivity contribution < 1.29 is 33.8 Å². The summed E-state index contributed by atoms with van der Waals surface area (Å²) in [6.07, 6.45) is 7.45. The third-order valence-corrected chi connectivity index (χ3v) is 7.31. The number of nitrogens with zero attached hydrogens (tertiary/aromatic N) is 1. The highest BCUT2D eigenvalue weighted by atomic mass is 32.2. The summed E-state index contributed by atoms with van der Waals surface area (Å²) in [6.45, 7) is 11.4. The van der Waals surface area contributed by atoms with Crippen LogP contribution in [0.4, 0.5) is 4.79 Å². The Morgan fingerprint density at radius 2 is 1.72 bits per heavy atom. The van der Waals surface area contributed by atoms with E-state index in [-0.39, 0.29) is 31.9 Å². The Morgan fingerprint density at radius 3 is 2.33 bits per heavy atom. The second kappa shape index (κ2) is 20.1. The average Bonchev–Trinajstić information content (AvgIpc) is 2.92. The van der Waals surface area contributed by atoms with Crippen molar-refractivity contribution in [2.75, 3.05) is 31.7 Å². The highest BCUT2D eigenvalue weighted by Crippen LogP contribution is 2.28. The van der Waals surface area contributed by atoms with Crippen LogP contribution < -0.4 is 10.6 Å². The van der Waals surface area contributed by atoms with Gasteiger partial charge in [-0.1, -0.05) is 45.1 Å². The van der Waals surface area contributed by atoms with Gasteiger partial charge in [-0.05, 0) is 82.7 Å². The number of rotatable bonds is 19. The number of phenolic OH excluding ortho intramolecular Hbond substituents is 1. The molecule has 0 aliphatic rings. The molecule has 244 valence electrons. The third-order valence-electron chi connectivity index (χ3n) is 6.67. The van der Waals surface area contributed by atoms with Gasteiger partial charge < -0.3 is 30.1 Å². The summed E-state index contributed by atoms with van der Waals surface area (Å²) >= 11 is 1.55. The van der Waals surface area contributed by atoms with Gasteiger partial charge in [0, 0.05) is 13.1 Å². The lowest BCUT2D eigenvalue weighted by Crippen LogP contribution is -2.53. The highest BCUT2D eigenvalue weighted by molar-refractivity contribution is 7.98. The van der Waals surface area contributed by atoms with Crippen molar-refractivity contribution in [1.82, 2.24) is 15.5 Å². The van der Waals surface area contributed by atoms with E-state index in [2.05, 4.69) is 17.6 Å². The molecular formula is C32H53N3O7S. The van der Waals surface area contributed by atoms with E-state index in [4.69, 9.17) is 9.47 Å². The number of alkyl carbamates (subject to hydrolysis) is 1. The summed E-state index contributed by atoms with van der Waals surface area (Å²) in [4.78, 5) is 54.3. The largest absolute Gasteiger partial charge is 0.508 e. The quantitative estimate of drug-likeness (QED) is 0.133. The van der Waals surface area contributed by atoms with E-state index in [1.165, 1.54) is 11.0 Å². The lowest BCUT2D eigenvalue weighted by atomic mass is 9.99. The van der Waals surface area contributed by atoms with Crippen molar-refractivity contribution in [3.05, 3.63) is 29.3 Å². The first-order valence-electron chi connectivity index (χ1n) is 15.4. The number of ether oxygens (including phenoxy) is 2. The summed E-state index contributed by atoms with van der Waals surface area (Å²) in [5.41, 5.74) is 0.323. The van der Waals surface area contributed by atoms with Gasteiger partial charge in [-0.15, -0.1) is 0 Å². The summed E-state index contributed by atoms with van der Waals surface area (Å²) in [6, 6.07) is 2.83. The molecule has 11 heteroatoms. The maximum absolute atomic E-state index is 14.3. The number of amides is 3. The molecule has 0 bridgehead atoms. The Balaban J connectivity index is 3.46. The fourth-order valence-electron chi connectivity index (χ4n) is 4.51. The molecule has 0 saturated heterocycles. The predicted molar refractivity (Wildman–Crippen MR) is 171 cm³/mol. The fraction of sp³-hybridized carbons (Fsp3) is 0.688. The first-order valence-corrected chi connectivity index (χ1v) is 16.8. The lowest BCUT2D eigenvalue weighted by molar-refractivity contribution is -0.144. The van der Waals surface area contributed by atoms with E-state index in [1.54, 1.807) is 58.5 Å². The van der Waals surface area contributed by atoms with Crippen molar-refractivity contribution in [2.45, 2.75) is 111 Å². The number of phenols is 1. The highest BCUT2D eigenvalue weighted by Gasteiger charge is 2.36. The predicted octanol–water partition coefficient (Wildman–Crippen LogP) is 5.65. The molecule has 1 aromatic carbocycles. The maximum Gasteiger partial charge on any atom is 0.408 e. The molecule has 0 aliphatic carbocycles. The van der Waals surface area contributed by atoms with Gasteiger partial charge in [-0.25, -0.2) is 4.79 Å². The normalized spacial score (nSPS) is 12.6. The maximum atomic E-state index is 14.3. The van der Waals surface area contributed by atoms with E-state index in [0.717, 1.165) is 32.1 Å². The Kier molecular flexibility index (Phi) is 17.8.